The van der Waals surface area contributed by atoms with Gasteiger partial charge in [-0.2, -0.15) is 5.10 Å². The number of rotatable bonds is 11. The van der Waals surface area contributed by atoms with Gasteiger partial charge in [0.25, 0.3) is 0 Å². The Morgan fingerprint density at radius 1 is 1.07 bits per heavy atom. The second kappa shape index (κ2) is 12.1. The van der Waals surface area contributed by atoms with Crippen LogP contribution in [-0.4, -0.2) is 81.4 Å². The highest BCUT2D eigenvalue weighted by molar-refractivity contribution is 5.98. The maximum atomic E-state index is 13.0. The Morgan fingerprint density at radius 3 is 2.61 bits per heavy atom. The molecule has 1 aliphatic heterocycles. The van der Waals surface area contributed by atoms with E-state index in [0.29, 0.717) is 48.3 Å². The lowest BCUT2D eigenvalue weighted by Crippen LogP contribution is -2.31. The minimum atomic E-state index is -0.0109. The van der Waals surface area contributed by atoms with E-state index < -0.39 is 0 Å². The van der Waals surface area contributed by atoms with Crippen molar-refractivity contribution in [1.29, 1.82) is 0 Å². The summed E-state index contributed by atoms with van der Waals surface area (Å²) in [5, 5.41) is 5.68. The minimum Gasteiger partial charge on any atom is -0.457 e. The van der Waals surface area contributed by atoms with E-state index in [1.54, 1.807) is 13.2 Å². The SMILES string of the molecule is COCCN(CC=CC(=O)N1CCC(n2nc(-c3ccc(Oc4ccccc4)cc3)c3c(N)ncnc32)C1)C1CC1. The van der Waals surface area contributed by atoms with E-state index in [1.165, 1.54) is 19.2 Å². The summed E-state index contributed by atoms with van der Waals surface area (Å²) in [7, 11) is 1.72. The van der Waals surface area contributed by atoms with Gasteiger partial charge in [-0.15, -0.1) is 0 Å². The van der Waals surface area contributed by atoms with Gasteiger partial charge in [-0.1, -0.05) is 24.3 Å². The fraction of sp³-hybridized carbons (Fsp3) is 0.355. The summed E-state index contributed by atoms with van der Waals surface area (Å²) >= 11 is 0. The van der Waals surface area contributed by atoms with E-state index in [4.69, 9.17) is 20.3 Å². The summed E-state index contributed by atoms with van der Waals surface area (Å²) in [5.74, 6) is 1.90. The largest absolute Gasteiger partial charge is 0.457 e. The number of nitrogen functional groups attached to an aromatic ring is 1. The zero-order valence-electron chi connectivity index (χ0n) is 23.2. The number of likely N-dealkylation sites (tertiary alicyclic amines) is 1. The average molecular weight is 554 g/mol. The van der Waals surface area contributed by atoms with Crippen LogP contribution in [0.4, 0.5) is 5.82 Å². The van der Waals surface area contributed by atoms with Crippen molar-refractivity contribution in [2.24, 2.45) is 0 Å². The Hall–Kier alpha value is -4.28. The van der Waals surface area contributed by atoms with Gasteiger partial charge in [0.1, 0.15) is 29.3 Å². The highest BCUT2D eigenvalue weighted by atomic mass is 16.5. The molecule has 1 atom stereocenters. The molecule has 2 aromatic carbocycles. The Labute approximate surface area is 239 Å². The molecule has 41 heavy (non-hydrogen) atoms. The van der Waals surface area contributed by atoms with Crippen LogP contribution in [0, 0.1) is 0 Å². The smallest absolute Gasteiger partial charge is 0.246 e. The van der Waals surface area contributed by atoms with Gasteiger partial charge in [-0.05, 0) is 55.7 Å². The third-order valence-electron chi connectivity index (χ3n) is 7.69. The molecule has 4 aromatic rings. The summed E-state index contributed by atoms with van der Waals surface area (Å²) < 4.78 is 13.1. The number of methoxy groups -OCH3 is 1. The molecule has 1 aliphatic carbocycles. The quantitative estimate of drug-likeness (QED) is 0.274. The van der Waals surface area contributed by atoms with Gasteiger partial charge in [-0.3, -0.25) is 9.69 Å². The summed E-state index contributed by atoms with van der Waals surface area (Å²) in [5.41, 5.74) is 8.61. The van der Waals surface area contributed by atoms with Crippen molar-refractivity contribution in [2.45, 2.75) is 31.3 Å². The number of hydrogen-bond acceptors (Lipinski definition) is 8. The summed E-state index contributed by atoms with van der Waals surface area (Å²) in [6, 6.07) is 18.0. The Bertz CT molecular complexity index is 1520. The zero-order chi connectivity index (χ0) is 28.2. The lowest BCUT2D eigenvalue weighted by Gasteiger charge is -2.19. The number of anilines is 1. The van der Waals surface area contributed by atoms with Crippen molar-refractivity contribution in [3.8, 4) is 22.8 Å². The molecule has 10 nitrogen and oxygen atoms in total. The van der Waals surface area contributed by atoms with Crippen LogP contribution < -0.4 is 10.5 Å². The molecule has 0 radical (unpaired) electrons. The molecule has 0 bridgehead atoms. The molecular formula is C31H35N7O3. The number of hydrogen-bond donors (Lipinski definition) is 1. The molecule has 212 valence electrons. The van der Waals surface area contributed by atoms with Crippen molar-refractivity contribution >= 4 is 22.8 Å². The van der Waals surface area contributed by atoms with Crippen LogP contribution in [0.3, 0.4) is 0 Å². The van der Waals surface area contributed by atoms with Crippen molar-refractivity contribution < 1.29 is 14.3 Å². The lowest BCUT2D eigenvalue weighted by molar-refractivity contribution is -0.125. The fourth-order valence-electron chi connectivity index (χ4n) is 5.36. The van der Waals surface area contributed by atoms with E-state index in [0.717, 1.165) is 36.6 Å². The van der Waals surface area contributed by atoms with Gasteiger partial charge in [0.2, 0.25) is 5.91 Å². The highest BCUT2D eigenvalue weighted by Crippen LogP contribution is 2.35. The maximum Gasteiger partial charge on any atom is 0.246 e. The van der Waals surface area contributed by atoms with Gasteiger partial charge in [0.05, 0.1) is 18.0 Å². The molecule has 0 spiro atoms. The number of benzene rings is 2. The summed E-state index contributed by atoms with van der Waals surface area (Å²) in [6.45, 7) is 3.56. The number of amides is 1. The average Bonchev–Trinajstić information content (AvgIpc) is 3.58. The van der Waals surface area contributed by atoms with Gasteiger partial charge >= 0.3 is 0 Å². The molecule has 10 heteroatoms. The molecule has 1 saturated heterocycles. The first-order valence-corrected chi connectivity index (χ1v) is 14.1. The van der Waals surface area contributed by atoms with E-state index in [1.807, 2.05) is 70.3 Å². The molecular weight excluding hydrogens is 518 g/mol. The highest BCUT2D eigenvalue weighted by Gasteiger charge is 2.31. The topological polar surface area (TPSA) is 112 Å². The molecule has 2 aliphatic rings. The number of carbonyl (C=O) groups is 1. The van der Waals surface area contributed by atoms with Crippen LogP contribution in [0.2, 0.25) is 0 Å². The van der Waals surface area contributed by atoms with Crippen molar-refractivity contribution in [1.82, 2.24) is 29.5 Å². The molecule has 2 fully saturated rings. The van der Waals surface area contributed by atoms with Gasteiger partial charge in [0.15, 0.2) is 5.65 Å². The molecule has 2 aromatic heterocycles. The number of aromatic nitrogens is 4. The van der Waals surface area contributed by atoms with Crippen molar-refractivity contribution in [2.75, 3.05) is 45.6 Å². The number of para-hydroxylation sites is 1. The van der Waals surface area contributed by atoms with Crippen LogP contribution in [0.15, 0.2) is 73.1 Å². The molecule has 6 rings (SSSR count). The number of ether oxygens (including phenoxy) is 2. The van der Waals surface area contributed by atoms with Crippen LogP contribution in [0.1, 0.15) is 25.3 Å². The van der Waals surface area contributed by atoms with E-state index >= 15 is 0 Å². The van der Waals surface area contributed by atoms with Crippen molar-refractivity contribution in [3.05, 3.63) is 73.1 Å². The van der Waals surface area contributed by atoms with Gasteiger partial charge in [0, 0.05) is 51.0 Å². The number of nitrogens with zero attached hydrogens (tertiary/aromatic N) is 6. The molecule has 1 saturated carbocycles. The number of fused-ring (bicyclic) bond motifs is 1. The minimum absolute atomic E-state index is 0.0109. The van der Waals surface area contributed by atoms with E-state index in [9.17, 15) is 4.79 Å². The van der Waals surface area contributed by atoms with Crippen LogP contribution in [0.5, 0.6) is 11.5 Å². The molecule has 3 heterocycles. The summed E-state index contributed by atoms with van der Waals surface area (Å²) in [6.07, 6.45) is 8.37. The number of carbonyl (C=O) groups excluding carboxylic acids is 1. The normalized spacial score (nSPS) is 17.2. The van der Waals surface area contributed by atoms with Crippen LogP contribution in [-0.2, 0) is 9.53 Å². The van der Waals surface area contributed by atoms with Gasteiger partial charge in [-0.25, -0.2) is 14.6 Å². The third-order valence-corrected chi connectivity index (χ3v) is 7.69. The summed E-state index contributed by atoms with van der Waals surface area (Å²) in [4.78, 5) is 26.1. The second-order valence-electron chi connectivity index (χ2n) is 10.5. The first-order chi connectivity index (χ1) is 20.1. The zero-order valence-corrected chi connectivity index (χ0v) is 23.2. The van der Waals surface area contributed by atoms with Crippen LogP contribution in [0.25, 0.3) is 22.3 Å². The Morgan fingerprint density at radius 2 is 1.85 bits per heavy atom. The molecule has 1 unspecified atom stereocenters. The number of nitrogens with two attached hydrogens (primary N) is 1. The molecule has 2 N–H and O–H groups in total. The second-order valence-corrected chi connectivity index (χ2v) is 10.5. The van der Waals surface area contributed by atoms with E-state index in [-0.39, 0.29) is 11.9 Å². The molecule has 1 amide bonds. The Kier molecular flexibility index (Phi) is 7.93. The first-order valence-electron chi connectivity index (χ1n) is 14.1. The fourth-order valence-corrected chi connectivity index (χ4v) is 5.36. The Balaban J connectivity index is 1.17. The maximum absolute atomic E-state index is 13.0. The van der Waals surface area contributed by atoms with Gasteiger partial charge < -0.3 is 20.1 Å². The third kappa shape index (κ3) is 6.08. The van der Waals surface area contributed by atoms with E-state index in [2.05, 4.69) is 14.9 Å². The first kappa shape index (κ1) is 26.9. The predicted molar refractivity (Wildman–Crippen MR) is 158 cm³/mol. The lowest BCUT2D eigenvalue weighted by atomic mass is 10.1. The standard InChI is InChI=1S/C31H35N7O3/c1-40-19-18-36(23-11-12-23)16-5-8-27(39)37-17-15-24(20-37)38-31-28(30(32)33-21-34-31)29(35-38)22-9-13-26(14-10-22)41-25-6-3-2-4-7-25/h2-10,13-14,21,23-24H,11-12,15-20H2,1H3,(H2,32,33,34). The predicted octanol–water partition coefficient (Wildman–Crippen LogP) is 4.31. The monoisotopic (exact) mass is 553 g/mol. The van der Waals surface area contributed by atoms with Crippen molar-refractivity contribution in [3.63, 3.8) is 0 Å². The van der Waals surface area contributed by atoms with Crippen LogP contribution >= 0.6 is 0 Å².